The quantitative estimate of drug-likeness (QED) is 0.649. The number of nitrogens with one attached hydrogen (secondary N) is 1. The highest BCUT2D eigenvalue weighted by Gasteiger charge is 2.33. The molecule has 1 saturated heterocycles. The van der Waals surface area contributed by atoms with Crippen LogP contribution in [0.15, 0.2) is 18.2 Å². The zero-order valence-electron chi connectivity index (χ0n) is 11.9. The number of nitrogen functional groups attached to an aromatic ring is 1. The molecule has 0 spiro atoms. The van der Waals surface area contributed by atoms with Crippen LogP contribution in [0, 0.1) is 6.92 Å². The maximum atomic E-state index is 12.7. The standard InChI is InChI=1S/C15H23N3O/c1-4-13-7-5-11(3)18(13)15(19)14-8-6-12(17-16)9-10(14)2/h6,8-9,11,13,17H,4-5,7,16H2,1-3H3. The average Bonchev–Trinajstić information content (AvgIpc) is 2.78. The highest BCUT2D eigenvalue weighted by molar-refractivity contribution is 5.96. The van der Waals surface area contributed by atoms with E-state index in [1.807, 2.05) is 25.1 Å². The summed E-state index contributed by atoms with van der Waals surface area (Å²) in [5.74, 6) is 5.54. The average molecular weight is 261 g/mol. The second-order valence-electron chi connectivity index (χ2n) is 5.37. The number of carbonyl (C=O) groups is 1. The highest BCUT2D eigenvalue weighted by Crippen LogP contribution is 2.29. The lowest BCUT2D eigenvalue weighted by molar-refractivity contribution is 0.0675. The molecule has 2 unspecified atom stereocenters. The van der Waals surface area contributed by atoms with Crippen molar-refractivity contribution in [1.29, 1.82) is 0 Å². The van der Waals surface area contributed by atoms with Crippen LogP contribution in [0.1, 0.15) is 49.0 Å². The molecule has 1 amide bonds. The molecule has 1 aliphatic rings. The van der Waals surface area contributed by atoms with Crippen LogP contribution in [0.3, 0.4) is 0 Å². The minimum Gasteiger partial charge on any atom is -0.333 e. The Labute approximate surface area is 114 Å². The minimum atomic E-state index is 0.151. The smallest absolute Gasteiger partial charge is 0.254 e. The number of hydrogen-bond donors (Lipinski definition) is 2. The first-order valence-corrected chi connectivity index (χ1v) is 6.98. The van der Waals surface area contributed by atoms with Gasteiger partial charge in [0, 0.05) is 23.3 Å². The van der Waals surface area contributed by atoms with Crippen LogP contribution in [-0.4, -0.2) is 22.9 Å². The molecular formula is C15H23N3O. The van der Waals surface area contributed by atoms with Crippen LogP contribution < -0.4 is 11.3 Å². The zero-order chi connectivity index (χ0) is 14.0. The molecule has 2 rings (SSSR count). The summed E-state index contributed by atoms with van der Waals surface area (Å²) in [5, 5.41) is 0. The first-order chi connectivity index (χ1) is 9.08. The summed E-state index contributed by atoms with van der Waals surface area (Å²) < 4.78 is 0. The Bertz CT molecular complexity index is 472. The van der Waals surface area contributed by atoms with Crippen molar-refractivity contribution in [3.05, 3.63) is 29.3 Å². The Hall–Kier alpha value is -1.55. The van der Waals surface area contributed by atoms with Gasteiger partial charge >= 0.3 is 0 Å². The lowest BCUT2D eigenvalue weighted by Crippen LogP contribution is -2.40. The number of benzene rings is 1. The van der Waals surface area contributed by atoms with Crippen LogP contribution in [0.25, 0.3) is 0 Å². The van der Waals surface area contributed by atoms with Crippen molar-refractivity contribution >= 4 is 11.6 Å². The number of aryl methyl sites for hydroxylation is 1. The van der Waals surface area contributed by atoms with E-state index in [0.29, 0.717) is 12.1 Å². The van der Waals surface area contributed by atoms with Gasteiger partial charge in [-0.05, 0) is 56.9 Å². The van der Waals surface area contributed by atoms with Crippen molar-refractivity contribution in [2.24, 2.45) is 5.84 Å². The SMILES string of the molecule is CCC1CCC(C)N1C(=O)c1ccc(NN)cc1C. The summed E-state index contributed by atoms with van der Waals surface area (Å²) >= 11 is 0. The summed E-state index contributed by atoms with van der Waals surface area (Å²) in [6.07, 6.45) is 3.24. The first kappa shape index (κ1) is 13.9. The van der Waals surface area contributed by atoms with E-state index in [2.05, 4.69) is 24.2 Å². The summed E-state index contributed by atoms with van der Waals surface area (Å²) in [5.41, 5.74) is 5.19. The number of carbonyl (C=O) groups excluding carboxylic acids is 1. The third kappa shape index (κ3) is 2.59. The van der Waals surface area contributed by atoms with Crippen molar-refractivity contribution in [3.63, 3.8) is 0 Å². The molecule has 1 aromatic carbocycles. The number of rotatable bonds is 3. The lowest BCUT2D eigenvalue weighted by atomic mass is 10.1. The summed E-state index contributed by atoms with van der Waals surface area (Å²) in [6.45, 7) is 6.24. The van der Waals surface area contributed by atoms with Gasteiger partial charge in [0.2, 0.25) is 0 Å². The number of hydrazine groups is 1. The Balaban J connectivity index is 2.28. The molecule has 0 aromatic heterocycles. The van der Waals surface area contributed by atoms with Gasteiger partial charge in [-0.3, -0.25) is 10.6 Å². The molecule has 4 heteroatoms. The third-order valence-electron chi connectivity index (χ3n) is 4.12. The molecule has 19 heavy (non-hydrogen) atoms. The summed E-state index contributed by atoms with van der Waals surface area (Å²) in [4.78, 5) is 14.8. The molecule has 3 N–H and O–H groups in total. The second kappa shape index (κ2) is 5.61. The van der Waals surface area contributed by atoms with Gasteiger partial charge in [0.05, 0.1) is 0 Å². The normalized spacial score (nSPS) is 22.6. The fourth-order valence-corrected chi connectivity index (χ4v) is 2.97. The van der Waals surface area contributed by atoms with Crippen molar-refractivity contribution in [1.82, 2.24) is 4.90 Å². The minimum absolute atomic E-state index is 0.151. The lowest BCUT2D eigenvalue weighted by Gasteiger charge is -2.28. The fraction of sp³-hybridized carbons (Fsp3) is 0.533. The maximum Gasteiger partial charge on any atom is 0.254 e. The molecule has 0 radical (unpaired) electrons. The van der Waals surface area contributed by atoms with Gasteiger partial charge in [0.1, 0.15) is 0 Å². The number of nitrogens with two attached hydrogens (primary N) is 1. The molecule has 1 fully saturated rings. The van der Waals surface area contributed by atoms with E-state index in [0.717, 1.165) is 36.1 Å². The van der Waals surface area contributed by atoms with E-state index in [4.69, 9.17) is 5.84 Å². The van der Waals surface area contributed by atoms with E-state index in [1.54, 1.807) is 0 Å². The van der Waals surface area contributed by atoms with E-state index < -0.39 is 0 Å². The first-order valence-electron chi connectivity index (χ1n) is 6.98. The highest BCUT2D eigenvalue weighted by atomic mass is 16.2. The predicted octanol–water partition coefficient (Wildman–Crippen LogP) is 2.68. The maximum absolute atomic E-state index is 12.7. The van der Waals surface area contributed by atoms with Gasteiger partial charge in [-0.1, -0.05) is 6.92 Å². The van der Waals surface area contributed by atoms with Gasteiger partial charge in [-0.2, -0.15) is 0 Å². The van der Waals surface area contributed by atoms with Crippen LogP contribution in [0.4, 0.5) is 5.69 Å². The van der Waals surface area contributed by atoms with Crippen molar-refractivity contribution < 1.29 is 4.79 Å². The number of hydrogen-bond acceptors (Lipinski definition) is 3. The number of anilines is 1. The van der Waals surface area contributed by atoms with Crippen molar-refractivity contribution in [2.75, 3.05) is 5.43 Å². The Kier molecular flexibility index (Phi) is 4.10. The van der Waals surface area contributed by atoms with Gasteiger partial charge in [-0.15, -0.1) is 0 Å². The van der Waals surface area contributed by atoms with Gasteiger partial charge in [0.15, 0.2) is 0 Å². The number of likely N-dealkylation sites (tertiary alicyclic amines) is 1. The van der Waals surface area contributed by atoms with Crippen LogP contribution in [0.2, 0.25) is 0 Å². The fourth-order valence-electron chi connectivity index (χ4n) is 2.97. The largest absolute Gasteiger partial charge is 0.333 e. The molecule has 1 aromatic rings. The summed E-state index contributed by atoms with van der Waals surface area (Å²) in [7, 11) is 0. The van der Waals surface area contributed by atoms with Gasteiger partial charge in [-0.25, -0.2) is 0 Å². The Morgan fingerprint density at radius 1 is 1.47 bits per heavy atom. The third-order valence-corrected chi connectivity index (χ3v) is 4.12. The second-order valence-corrected chi connectivity index (χ2v) is 5.37. The van der Waals surface area contributed by atoms with Crippen LogP contribution in [-0.2, 0) is 0 Å². The molecule has 0 saturated carbocycles. The molecule has 104 valence electrons. The van der Waals surface area contributed by atoms with Crippen LogP contribution >= 0.6 is 0 Å². The number of nitrogens with zero attached hydrogens (tertiary/aromatic N) is 1. The molecule has 4 nitrogen and oxygen atoms in total. The topological polar surface area (TPSA) is 58.4 Å². The molecule has 2 atom stereocenters. The summed E-state index contributed by atoms with van der Waals surface area (Å²) in [6, 6.07) is 6.35. The van der Waals surface area contributed by atoms with E-state index in [1.165, 1.54) is 0 Å². The van der Waals surface area contributed by atoms with Crippen molar-refractivity contribution in [3.8, 4) is 0 Å². The van der Waals surface area contributed by atoms with Crippen molar-refractivity contribution in [2.45, 2.75) is 52.1 Å². The van der Waals surface area contributed by atoms with E-state index in [9.17, 15) is 4.79 Å². The molecule has 0 bridgehead atoms. The number of amides is 1. The molecule has 0 aliphatic carbocycles. The van der Waals surface area contributed by atoms with E-state index in [-0.39, 0.29) is 5.91 Å². The van der Waals surface area contributed by atoms with Gasteiger partial charge < -0.3 is 10.3 Å². The van der Waals surface area contributed by atoms with E-state index >= 15 is 0 Å². The molecular weight excluding hydrogens is 238 g/mol. The monoisotopic (exact) mass is 261 g/mol. The molecule has 1 heterocycles. The van der Waals surface area contributed by atoms with Crippen LogP contribution in [0.5, 0.6) is 0 Å². The Morgan fingerprint density at radius 3 is 2.79 bits per heavy atom. The Morgan fingerprint density at radius 2 is 2.21 bits per heavy atom. The molecule has 1 aliphatic heterocycles. The zero-order valence-corrected chi connectivity index (χ0v) is 11.9. The predicted molar refractivity (Wildman–Crippen MR) is 77.9 cm³/mol. The van der Waals surface area contributed by atoms with Gasteiger partial charge in [0.25, 0.3) is 5.91 Å².